The molecule has 0 aliphatic carbocycles. The number of aliphatic hydroxyl groups is 1. The van der Waals surface area contributed by atoms with Crippen molar-refractivity contribution in [1.82, 2.24) is 0 Å². The second-order valence-electron chi connectivity index (χ2n) is 24.5. The average molecular weight is 1460 g/mol. The monoisotopic (exact) mass is 1460 g/mol. The van der Waals surface area contributed by atoms with Crippen LogP contribution in [-0.4, -0.2) is 96.7 Å². The molecule has 0 radical (unpaired) electrons. The zero-order valence-corrected chi connectivity index (χ0v) is 64.5. The highest BCUT2D eigenvalue weighted by molar-refractivity contribution is 7.47. The zero-order chi connectivity index (χ0) is 74.6. The van der Waals surface area contributed by atoms with Crippen LogP contribution in [0.4, 0.5) is 0 Å². The van der Waals surface area contributed by atoms with Crippen LogP contribution < -0.4 is 0 Å². The molecule has 5 unspecified atom stereocenters. The van der Waals surface area contributed by atoms with E-state index in [1.165, 1.54) is 38.5 Å². The largest absolute Gasteiger partial charge is 0.472 e. The summed E-state index contributed by atoms with van der Waals surface area (Å²) in [5, 5.41) is 10.6. The van der Waals surface area contributed by atoms with E-state index in [1.807, 2.05) is 30.4 Å². The maximum Gasteiger partial charge on any atom is 0.472 e. The molecular formula is C83H132O17P2. The Morgan fingerprint density at radius 3 is 0.922 bits per heavy atom. The van der Waals surface area contributed by atoms with Crippen molar-refractivity contribution in [2.45, 2.75) is 277 Å². The number of aliphatic hydroxyl groups excluding tert-OH is 1. The van der Waals surface area contributed by atoms with E-state index >= 15 is 0 Å². The second kappa shape index (κ2) is 73.5. The number of carbonyl (C=O) groups is 4. The molecule has 0 aromatic heterocycles. The molecule has 0 spiro atoms. The maximum absolute atomic E-state index is 13.1. The molecule has 102 heavy (non-hydrogen) atoms. The minimum atomic E-state index is -5.03. The highest BCUT2D eigenvalue weighted by Crippen LogP contribution is 2.45. The summed E-state index contributed by atoms with van der Waals surface area (Å²) < 4.78 is 68.2. The summed E-state index contributed by atoms with van der Waals surface area (Å²) in [5.41, 5.74) is 0. The maximum atomic E-state index is 13.1. The number of phosphoric ester groups is 2. The molecular weight excluding hydrogens is 1330 g/mol. The Labute approximate surface area is 615 Å². The molecule has 0 aliphatic rings. The molecule has 0 rings (SSSR count). The van der Waals surface area contributed by atoms with E-state index < -0.39 is 97.5 Å². The van der Waals surface area contributed by atoms with Crippen molar-refractivity contribution in [2.24, 2.45) is 0 Å². The van der Waals surface area contributed by atoms with E-state index in [9.17, 15) is 43.2 Å². The lowest BCUT2D eigenvalue weighted by Gasteiger charge is -2.21. The van der Waals surface area contributed by atoms with Crippen LogP contribution in [0.1, 0.15) is 259 Å². The summed E-state index contributed by atoms with van der Waals surface area (Å²) in [4.78, 5) is 72.8. The standard InChI is InChI=1S/C83H132O17P2/c1-5-9-13-17-21-25-29-33-37-38-42-44-48-52-56-60-64-68-81(86)94-74-79(100-83(88)70-66-62-58-54-50-46-41-36-32-28-24-20-16-12-8-4)76-98-102(91,92)96-72-77(84)71-95-101(89,90)97-75-78(99-82(87)69-65-61-57-53-49-45-40-35-31-27-23-19-15-11-7-3)73-93-80(85)67-63-59-55-51-47-43-39-34-30-26-22-18-14-10-6-2/h9-11,13-15,21-23,25-27,33-37,39-42,44,47,49,51,53,59,61,63,65,77-79,84H,5-8,12,16-20,24,28-32,38,43,45-46,48,50,52,54-58,60,62,64,66-76H2,1-4H3,(H,89,90)(H,91,92)/b13-9-,14-10-,15-11-,25-21-,26-22-,27-23-,37-33-,39-34-,40-35-,41-36-,44-42-,51-47-,53-49-,63-59-,65-61-. The summed E-state index contributed by atoms with van der Waals surface area (Å²) >= 11 is 0. The Balaban J connectivity index is 5.54. The molecule has 0 aliphatic heterocycles. The van der Waals surface area contributed by atoms with Gasteiger partial charge < -0.3 is 33.8 Å². The van der Waals surface area contributed by atoms with E-state index in [0.717, 1.165) is 141 Å². The summed E-state index contributed by atoms with van der Waals surface area (Å²) in [7, 11) is -10.0. The van der Waals surface area contributed by atoms with E-state index in [0.29, 0.717) is 25.7 Å². The molecule has 0 saturated heterocycles. The lowest BCUT2D eigenvalue weighted by molar-refractivity contribution is -0.161. The van der Waals surface area contributed by atoms with Crippen LogP contribution in [0, 0.1) is 0 Å². The van der Waals surface area contributed by atoms with Gasteiger partial charge in [0.2, 0.25) is 0 Å². The van der Waals surface area contributed by atoms with Gasteiger partial charge in [-0.3, -0.25) is 37.3 Å². The van der Waals surface area contributed by atoms with Gasteiger partial charge in [-0.2, -0.15) is 0 Å². The lowest BCUT2D eigenvalue weighted by Crippen LogP contribution is -2.30. The Bertz CT molecular complexity index is 2650. The van der Waals surface area contributed by atoms with Crippen molar-refractivity contribution >= 4 is 39.5 Å². The van der Waals surface area contributed by atoms with Crippen LogP contribution in [0.25, 0.3) is 0 Å². The first-order chi connectivity index (χ1) is 49.7. The molecule has 0 fully saturated rings. The predicted molar refractivity (Wildman–Crippen MR) is 417 cm³/mol. The summed E-state index contributed by atoms with van der Waals surface area (Å²) in [6, 6.07) is 0. The first-order valence-corrected chi connectivity index (χ1v) is 41.0. The summed E-state index contributed by atoms with van der Waals surface area (Å²) in [6.07, 6.45) is 88.1. The number of unbranched alkanes of at least 4 members (excludes halogenated alkanes) is 15. The third kappa shape index (κ3) is 72.5. The van der Waals surface area contributed by atoms with Gasteiger partial charge in [0.1, 0.15) is 19.3 Å². The molecule has 0 saturated carbocycles. The fourth-order valence-corrected chi connectivity index (χ4v) is 10.8. The fourth-order valence-electron chi connectivity index (χ4n) is 9.24. The third-order valence-electron chi connectivity index (χ3n) is 14.9. The third-order valence-corrected chi connectivity index (χ3v) is 16.8. The van der Waals surface area contributed by atoms with Gasteiger partial charge in [-0.05, 0) is 141 Å². The van der Waals surface area contributed by atoms with E-state index in [1.54, 1.807) is 18.2 Å². The second-order valence-corrected chi connectivity index (χ2v) is 27.4. The molecule has 0 aromatic rings. The minimum Gasteiger partial charge on any atom is -0.462 e. The topological polar surface area (TPSA) is 237 Å². The number of esters is 4. The Morgan fingerprint density at radius 1 is 0.294 bits per heavy atom. The van der Waals surface area contributed by atoms with Gasteiger partial charge in [-0.15, -0.1) is 0 Å². The molecule has 17 nitrogen and oxygen atoms in total. The van der Waals surface area contributed by atoms with Gasteiger partial charge in [-0.25, -0.2) is 9.13 Å². The minimum absolute atomic E-state index is 0.0684. The molecule has 0 bridgehead atoms. The molecule has 0 aromatic carbocycles. The first-order valence-electron chi connectivity index (χ1n) is 38.0. The molecule has 576 valence electrons. The van der Waals surface area contributed by atoms with Gasteiger partial charge in [0.05, 0.1) is 39.3 Å². The summed E-state index contributed by atoms with van der Waals surface area (Å²) in [6.45, 7) is 4.22. The molecule has 19 heteroatoms. The number of phosphoric acid groups is 2. The van der Waals surface area contributed by atoms with Crippen molar-refractivity contribution in [1.29, 1.82) is 0 Å². The average Bonchev–Trinajstić information content (AvgIpc) is 0.926. The number of allylic oxidation sites excluding steroid dienone is 28. The van der Waals surface area contributed by atoms with Gasteiger partial charge in [0, 0.05) is 12.8 Å². The predicted octanol–water partition coefficient (Wildman–Crippen LogP) is 22.0. The number of hydrogen-bond donors (Lipinski definition) is 3. The van der Waals surface area contributed by atoms with Crippen LogP contribution in [0.2, 0.25) is 0 Å². The quantitative estimate of drug-likeness (QED) is 0.0169. The Hall–Kier alpha value is -5.84. The highest BCUT2D eigenvalue weighted by atomic mass is 31.2. The van der Waals surface area contributed by atoms with Gasteiger partial charge in [0.25, 0.3) is 0 Å². The molecule has 3 N–H and O–H groups in total. The van der Waals surface area contributed by atoms with Crippen LogP contribution in [0.15, 0.2) is 182 Å². The lowest BCUT2D eigenvalue weighted by atomic mass is 10.1. The smallest absolute Gasteiger partial charge is 0.462 e. The normalized spacial score (nSPS) is 14.9. The Morgan fingerprint density at radius 2 is 0.559 bits per heavy atom. The Kier molecular flexibility index (Phi) is 69.3. The van der Waals surface area contributed by atoms with Crippen LogP contribution in [0.5, 0.6) is 0 Å². The van der Waals surface area contributed by atoms with Gasteiger partial charge >= 0.3 is 39.5 Å². The van der Waals surface area contributed by atoms with Crippen molar-refractivity contribution in [3.63, 3.8) is 0 Å². The van der Waals surface area contributed by atoms with E-state index in [4.69, 9.17) is 37.0 Å². The van der Waals surface area contributed by atoms with Crippen LogP contribution in [-0.2, 0) is 65.4 Å². The summed E-state index contributed by atoms with van der Waals surface area (Å²) in [5.74, 6) is -2.53. The van der Waals surface area contributed by atoms with Crippen LogP contribution in [0.3, 0.4) is 0 Å². The molecule has 0 amide bonds. The SMILES string of the molecule is CC/C=C\C/C=C\C/C=C\C/C=C\C/C=C\CC(=O)OCC(COP(=O)(O)OCC(O)COP(=O)(O)OCC(COC(=O)CCCCCC/C=C\C/C=C\C/C=C\C/C=C\CC)OC(=O)CCCCCCC/C=C\CCCCCCCC)OC(=O)C/C=C\C/C=C\C/C=C\C/C=C\C/C=C\CC. The zero-order valence-electron chi connectivity index (χ0n) is 62.7. The fraction of sp³-hybridized carbons (Fsp3) is 0.590. The van der Waals surface area contributed by atoms with Gasteiger partial charge in [-0.1, -0.05) is 274 Å². The first kappa shape index (κ1) is 96.2. The number of rotatable bonds is 69. The van der Waals surface area contributed by atoms with Crippen molar-refractivity contribution in [3.05, 3.63) is 182 Å². The van der Waals surface area contributed by atoms with E-state index in [-0.39, 0.29) is 25.7 Å². The van der Waals surface area contributed by atoms with Crippen molar-refractivity contribution in [3.8, 4) is 0 Å². The number of ether oxygens (including phenoxy) is 4. The molecule has 5 atom stereocenters. The molecule has 0 heterocycles. The number of hydrogen-bond acceptors (Lipinski definition) is 15. The van der Waals surface area contributed by atoms with Crippen molar-refractivity contribution < 1.29 is 80.2 Å². The highest BCUT2D eigenvalue weighted by Gasteiger charge is 2.30. The van der Waals surface area contributed by atoms with E-state index in [2.05, 4.69) is 161 Å². The van der Waals surface area contributed by atoms with Crippen molar-refractivity contribution in [2.75, 3.05) is 39.6 Å². The van der Waals surface area contributed by atoms with Crippen LogP contribution >= 0.6 is 15.6 Å². The number of carbonyl (C=O) groups excluding carboxylic acids is 4. The van der Waals surface area contributed by atoms with Gasteiger partial charge in [0.15, 0.2) is 12.2 Å².